The van der Waals surface area contributed by atoms with Crippen molar-refractivity contribution < 1.29 is 37.9 Å². The zero-order chi connectivity index (χ0) is 26.0. The molecule has 4 aliphatic rings. The Labute approximate surface area is 225 Å². The van der Waals surface area contributed by atoms with Crippen molar-refractivity contribution in [2.75, 3.05) is 27.2 Å². The van der Waals surface area contributed by atoms with Gasteiger partial charge in [-0.15, -0.1) is 0 Å². The molecule has 0 atom stereocenters. The predicted octanol–water partition coefficient (Wildman–Crippen LogP) is 5.66. The molecule has 39 heavy (non-hydrogen) atoms. The monoisotopic (exact) mass is 526 g/mol. The molecule has 4 heterocycles. The molecule has 0 aliphatic carbocycles. The summed E-state index contributed by atoms with van der Waals surface area (Å²) in [5.41, 5.74) is 4.85. The minimum atomic E-state index is 0.308. The van der Waals surface area contributed by atoms with Gasteiger partial charge < -0.3 is 37.9 Å². The van der Waals surface area contributed by atoms with Crippen molar-refractivity contribution in [1.82, 2.24) is 0 Å². The van der Waals surface area contributed by atoms with E-state index in [1.54, 1.807) is 0 Å². The summed E-state index contributed by atoms with van der Waals surface area (Å²) in [6, 6.07) is 24.3. The quantitative estimate of drug-likeness (QED) is 0.330. The Balaban J connectivity index is 0.000000130. The molecule has 198 valence electrons. The number of fused-ring (bicyclic) bond motifs is 4. The molecule has 0 unspecified atom stereocenters. The van der Waals surface area contributed by atoms with Crippen molar-refractivity contribution in [3.05, 3.63) is 95.1 Å². The van der Waals surface area contributed by atoms with Gasteiger partial charge in [-0.05, 0) is 90.0 Å². The summed E-state index contributed by atoms with van der Waals surface area (Å²) in [4.78, 5) is 0. The van der Waals surface area contributed by atoms with Crippen LogP contribution in [-0.2, 0) is 19.3 Å². The second kappa shape index (κ2) is 10.2. The minimum absolute atomic E-state index is 0.308. The number of aryl methyl sites for hydroxylation is 2. The second-order valence-corrected chi connectivity index (χ2v) is 9.43. The Kier molecular flexibility index (Phi) is 6.13. The van der Waals surface area contributed by atoms with Gasteiger partial charge >= 0.3 is 0 Å². The summed E-state index contributed by atoms with van der Waals surface area (Å²) >= 11 is 0. The van der Waals surface area contributed by atoms with Gasteiger partial charge in [0.2, 0.25) is 27.2 Å². The van der Waals surface area contributed by atoms with Crippen LogP contribution in [-0.4, -0.2) is 27.2 Å². The van der Waals surface area contributed by atoms with E-state index in [1.807, 2.05) is 36.4 Å². The van der Waals surface area contributed by atoms with E-state index >= 15 is 0 Å². The summed E-state index contributed by atoms with van der Waals surface area (Å²) in [6.45, 7) is 1.26. The van der Waals surface area contributed by atoms with Gasteiger partial charge in [-0.2, -0.15) is 0 Å². The average Bonchev–Trinajstić information content (AvgIpc) is 3.77. The van der Waals surface area contributed by atoms with E-state index in [2.05, 4.69) is 36.4 Å². The van der Waals surface area contributed by atoms with Gasteiger partial charge in [0.05, 0.1) is 0 Å². The molecule has 0 N–H and O–H groups in total. The predicted molar refractivity (Wildman–Crippen MR) is 140 cm³/mol. The lowest BCUT2D eigenvalue weighted by molar-refractivity contribution is 0.173. The largest absolute Gasteiger partial charge is 0.454 e. The van der Waals surface area contributed by atoms with E-state index in [1.165, 1.54) is 22.3 Å². The third-order valence-corrected chi connectivity index (χ3v) is 6.86. The summed E-state index contributed by atoms with van der Waals surface area (Å²) in [5.74, 6) is 6.61. The first-order chi connectivity index (χ1) is 19.3. The minimum Gasteiger partial charge on any atom is -0.454 e. The van der Waals surface area contributed by atoms with E-state index in [0.29, 0.717) is 27.2 Å². The Morgan fingerprint density at radius 3 is 0.974 bits per heavy atom. The Bertz CT molecular complexity index is 1400. The van der Waals surface area contributed by atoms with Crippen LogP contribution in [0.15, 0.2) is 72.8 Å². The van der Waals surface area contributed by atoms with Gasteiger partial charge in [0.15, 0.2) is 46.0 Å². The standard InChI is InChI=1S/C16H14O4.C15H12O4/c1(11-3-5-13-15(7-11)19-9-17-13)2-12-4-6-14-16(8-12)20-10-18-14;1-3-12-14(18-8-16-12)6-10(1)5-11-2-4-13-15(7-11)19-9-17-13/h3-8H,1-2,9-10H2;1-4,6-7H,5,8-9H2. The fraction of sp³-hybridized carbons (Fsp3) is 0.226. The van der Waals surface area contributed by atoms with Gasteiger partial charge in [-0.1, -0.05) is 24.3 Å². The molecule has 0 saturated carbocycles. The molecule has 0 aromatic heterocycles. The van der Waals surface area contributed by atoms with E-state index in [9.17, 15) is 0 Å². The van der Waals surface area contributed by atoms with E-state index in [4.69, 9.17) is 37.9 Å². The molecule has 4 aliphatic heterocycles. The number of ether oxygens (including phenoxy) is 8. The van der Waals surface area contributed by atoms with Crippen molar-refractivity contribution in [2.24, 2.45) is 0 Å². The topological polar surface area (TPSA) is 73.8 Å². The van der Waals surface area contributed by atoms with Crippen LogP contribution in [0.5, 0.6) is 46.0 Å². The summed E-state index contributed by atoms with van der Waals surface area (Å²) in [7, 11) is 0. The van der Waals surface area contributed by atoms with E-state index in [-0.39, 0.29) is 0 Å². The highest BCUT2D eigenvalue weighted by atomic mass is 16.7. The molecule has 8 heteroatoms. The van der Waals surface area contributed by atoms with E-state index < -0.39 is 0 Å². The molecule has 4 aromatic rings. The van der Waals surface area contributed by atoms with Crippen LogP contribution >= 0.6 is 0 Å². The average molecular weight is 527 g/mol. The fourth-order valence-corrected chi connectivity index (χ4v) is 4.82. The summed E-state index contributed by atoms with van der Waals surface area (Å²) < 4.78 is 42.8. The van der Waals surface area contributed by atoms with Crippen molar-refractivity contribution in [2.45, 2.75) is 19.3 Å². The first kappa shape index (κ1) is 23.4. The molecular formula is C31H26O8. The van der Waals surface area contributed by atoms with Gasteiger partial charge in [-0.25, -0.2) is 0 Å². The lowest BCUT2D eigenvalue weighted by atomic mass is 10.0. The van der Waals surface area contributed by atoms with Crippen molar-refractivity contribution in [3.63, 3.8) is 0 Å². The lowest BCUT2D eigenvalue weighted by Crippen LogP contribution is -1.93. The van der Waals surface area contributed by atoms with Crippen molar-refractivity contribution in [3.8, 4) is 46.0 Å². The lowest BCUT2D eigenvalue weighted by Gasteiger charge is -2.05. The molecule has 8 rings (SSSR count). The number of hydrogen-bond acceptors (Lipinski definition) is 8. The summed E-state index contributed by atoms with van der Waals surface area (Å²) in [6.07, 6.45) is 2.74. The van der Waals surface area contributed by atoms with Gasteiger partial charge in [0.1, 0.15) is 0 Å². The Morgan fingerprint density at radius 1 is 0.333 bits per heavy atom. The van der Waals surface area contributed by atoms with Crippen LogP contribution in [0.25, 0.3) is 0 Å². The molecule has 8 nitrogen and oxygen atoms in total. The number of hydrogen-bond donors (Lipinski definition) is 0. The van der Waals surface area contributed by atoms with Gasteiger partial charge in [-0.3, -0.25) is 0 Å². The van der Waals surface area contributed by atoms with Crippen molar-refractivity contribution in [1.29, 1.82) is 0 Å². The van der Waals surface area contributed by atoms with Crippen LogP contribution in [0, 0.1) is 0 Å². The molecular weight excluding hydrogens is 500 g/mol. The Hall–Kier alpha value is -4.72. The number of benzene rings is 4. The first-order valence-electron chi connectivity index (χ1n) is 12.8. The highest BCUT2D eigenvalue weighted by Gasteiger charge is 2.17. The van der Waals surface area contributed by atoms with Crippen LogP contribution < -0.4 is 37.9 Å². The van der Waals surface area contributed by atoms with Crippen LogP contribution in [0.3, 0.4) is 0 Å². The van der Waals surface area contributed by atoms with Crippen LogP contribution in [0.1, 0.15) is 22.3 Å². The number of rotatable bonds is 5. The Morgan fingerprint density at radius 2 is 0.615 bits per heavy atom. The normalized spacial score (nSPS) is 14.7. The molecule has 0 bridgehead atoms. The highest BCUT2D eigenvalue weighted by Crippen LogP contribution is 2.36. The molecule has 0 saturated heterocycles. The molecule has 0 radical (unpaired) electrons. The maximum atomic E-state index is 5.39. The van der Waals surface area contributed by atoms with Crippen LogP contribution in [0.2, 0.25) is 0 Å². The molecule has 0 amide bonds. The first-order valence-corrected chi connectivity index (χ1v) is 12.8. The third kappa shape index (κ3) is 5.05. The van der Waals surface area contributed by atoms with Crippen LogP contribution in [0.4, 0.5) is 0 Å². The maximum Gasteiger partial charge on any atom is 0.231 e. The summed E-state index contributed by atoms with van der Waals surface area (Å²) in [5, 5.41) is 0. The molecule has 4 aromatic carbocycles. The zero-order valence-corrected chi connectivity index (χ0v) is 21.1. The van der Waals surface area contributed by atoms with Crippen molar-refractivity contribution >= 4 is 0 Å². The molecule has 0 fully saturated rings. The maximum absolute atomic E-state index is 5.39. The third-order valence-electron chi connectivity index (χ3n) is 6.86. The van der Waals surface area contributed by atoms with Gasteiger partial charge in [0, 0.05) is 0 Å². The second-order valence-electron chi connectivity index (χ2n) is 9.43. The SMILES string of the molecule is c1cc2c(cc1CCc1ccc3c(c1)OCO3)OCO2.c1cc2c(cc1Cc1ccc3c(c1)OCO3)OCO2. The highest BCUT2D eigenvalue weighted by molar-refractivity contribution is 5.49. The molecule has 0 spiro atoms. The smallest absolute Gasteiger partial charge is 0.231 e. The fourth-order valence-electron chi connectivity index (χ4n) is 4.82. The van der Waals surface area contributed by atoms with E-state index in [0.717, 1.165) is 65.3 Å². The zero-order valence-electron chi connectivity index (χ0n) is 21.1. The van der Waals surface area contributed by atoms with Gasteiger partial charge in [0.25, 0.3) is 0 Å².